The molecule has 7 heteroatoms. The number of furan rings is 1. The maximum Gasteiger partial charge on any atom is 0.372 e. The number of carbonyl (C=O) groups is 1. The summed E-state index contributed by atoms with van der Waals surface area (Å²) >= 11 is 2.72. The van der Waals surface area contributed by atoms with Crippen molar-refractivity contribution in [3.05, 3.63) is 30.0 Å². The van der Waals surface area contributed by atoms with Crippen molar-refractivity contribution in [1.82, 2.24) is 9.36 Å². The van der Waals surface area contributed by atoms with Crippen LogP contribution in [0.2, 0.25) is 0 Å². The first kappa shape index (κ1) is 10.2. The molecule has 2 aromatic rings. The van der Waals surface area contributed by atoms with E-state index in [0.717, 1.165) is 4.34 Å². The van der Waals surface area contributed by atoms with E-state index in [4.69, 9.17) is 9.52 Å². The second-order valence-electron chi connectivity index (χ2n) is 2.58. The highest BCUT2D eigenvalue weighted by Crippen LogP contribution is 2.25. The molecule has 2 aromatic heterocycles. The van der Waals surface area contributed by atoms with E-state index < -0.39 is 5.97 Å². The van der Waals surface area contributed by atoms with Crippen LogP contribution in [0.4, 0.5) is 0 Å². The van der Waals surface area contributed by atoms with E-state index in [1.807, 2.05) is 0 Å². The first-order valence-corrected chi connectivity index (χ1v) is 5.72. The summed E-state index contributed by atoms with van der Waals surface area (Å²) < 4.78 is 9.51. The minimum Gasteiger partial charge on any atom is -0.475 e. The number of carboxylic acids is 1. The lowest BCUT2D eigenvalue weighted by atomic mass is 10.3. The molecule has 0 aliphatic heterocycles. The first-order valence-electron chi connectivity index (χ1n) is 3.96. The van der Waals surface area contributed by atoms with Gasteiger partial charge in [-0.1, -0.05) is 11.8 Å². The second kappa shape index (κ2) is 4.45. The summed E-state index contributed by atoms with van der Waals surface area (Å²) in [5, 5.41) is 8.78. The molecule has 0 fully saturated rings. The summed E-state index contributed by atoms with van der Waals surface area (Å²) in [6.45, 7) is 0. The van der Waals surface area contributed by atoms with Crippen molar-refractivity contribution >= 4 is 29.3 Å². The van der Waals surface area contributed by atoms with E-state index in [1.54, 1.807) is 6.07 Å². The van der Waals surface area contributed by atoms with Gasteiger partial charge in [0.25, 0.3) is 0 Å². The van der Waals surface area contributed by atoms with Crippen molar-refractivity contribution in [3.63, 3.8) is 0 Å². The minimum atomic E-state index is -1.05. The van der Waals surface area contributed by atoms with Crippen molar-refractivity contribution in [1.29, 1.82) is 0 Å². The van der Waals surface area contributed by atoms with Crippen molar-refractivity contribution in [2.45, 2.75) is 10.1 Å². The van der Waals surface area contributed by atoms with Gasteiger partial charge in [-0.15, -0.1) is 0 Å². The van der Waals surface area contributed by atoms with Gasteiger partial charge in [-0.3, -0.25) is 0 Å². The summed E-state index contributed by atoms with van der Waals surface area (Å²) in [6.07, 6.45) is 2.85. The van der Waals surface area contributed by atoms with E-state index in [1.165, 1.54) is 35.9 Å². The van der Waals surface area contributed by atoms with E-state index in [2.05, 4.69) is 9.36 Å². The highest BCUT2D eigenvalue weighted by atomic mass is 32.2. The maximum atomic E-state index is 10.7. The fraction of sp³-hybridized carbons (Fsp3) is 0.125. The Balaban J connectivity index is 2.05. The van der Waals surface area contributed by atoms with E-state index in [-0.39, 0.29) is 5.76 Å². The van der Waals surface area contributed by atoms with Gasteiger partial charge in [0.05, 0.1) is 6.26 Å². The Morgan fingerprint density at radius 1 is 1.67 bits per heavy atom. The summed E-state index contributed by atoms with van der Waals surface area (Å²) in [5.41, 5.74) is 0.655. The fourth-order valence-corrected chi connectivity index (χ4v) is 2.43. The highest BCUT2D eigenvalue weighted by Gasteiger charge is 2.14. The summed E-state index contributed by atoms with van der Waals surface area (Å²) in [6, 6.07) is 1.65. The predicted molar refractivity (Wildman–Crippen MR) is 55.1 cm³/mol. The third-order valence-corrected chi connectivity index (χ3v) is 3.48. The quantitative estimate of drug-likeness (QED) is 0.827. The molecule has 0 unspecified atom stereocenters. The molecule has 0 saturated carbocycles. The van der Waals surface area contributed by atoms with Crippen LogP contribution in [0, 0.1) is 0 Å². The summed E-state index contributed by atoms with van der Waals surface area (Å²) in [7, 11) is 0. The van der Waals surface area contributed by atoms with E-state index in [0.29, 0.717) is 11.3 Å². The largest absolute Gasteiger partial charge is 0.475 e. The molecule has 0 amide bonds. The lowest BCUT2D eigenvalue weighted by molar-refractivity contribution is 0.0661. The molecule has 78 valence electrons. The van der Waals surface area contributed by atoms with Crippen LogP contribution in [0.1, 0.15) is 16.1 Å². The molecule has 0 radical (unpaired) electrons. The zero-order valence-corrected chi connectivity index (χ0v) is 9.05. The van der Waals surface area contributed by atoms with Crippen molar-refractivity contribution in [2.75, 3.05) is 0 Å². The molecular formula is C8H6N2O3S2. The number of thioether (sulfide) groups is 1. The topological polar surface area (TPSA) is 76.2 Å². The van der Waals surface area contributed by atoms with Crippen LogP contribution in [-0.2, 0) is 5.75 Å². The lowest BCUT2D eigenvalue weighted by Gasteiger charge is -1.95. The third-order valence-electron chi connectivity index (χ3n) is 1.63. The lowest BCUT2D eigenvalue weighted by Crippen LogP contribution is -1.97. The van der Waals surface area contributed by atoms with Crippen LogP contribution in [-0.4, -0.2) is 20.4 Å². The first-order chi connectivity index (χ1) is 7.27. The number of hydrogen-bond acceptors (Lipinski definition) is 6. The maximum absolute atomic E-state index is 10.7. The molecule has 0 bridgehead atoms. The van der Waals surface area contributed by atoms with Gasteiger partial charge in [-0.25, -0.2) is 9.78 Å². The highest BCUT2D eigenvalue weighted by molar-refractivity contribution is 8.00. The monoisotopic (exact) mass is 242 g/mol. The molecule has 0 aliphatic rings. The molecule has 1 N–H and O–H groups in total. The van der Waals surface area contributed by atoms with Crippen molar-refractivity contribution in [3.8, 4) is 0 Å². The van der Waals surface area contributed by atoms with Gasteiger partial charge in [0, 0.05) is 11.3 Å². The van der Waals surface area contributed by atoms with Crippen LogP contribution in [0.25, 0.3) is 0 Å². The second-order valence-corrected chi connectivity index (χ2v) is 4.58. The van der Waals surface area contributed by atoms with Gasteiger partial charge in [-0.2, -0.15) is 4.37 Å². The van der Waals surface area contributed by atoms with E-state index in [9.17, 15) is 4.79 Å². The normalized spacial score (nSPS) is 10.4. The molecule has 0 saturated heterocycles. The third kappa shape index (κ3) is 2.37. The fourth-order valence-electron chi connectivity index (χ4n) is 1.00. The van der Waals surface area contributed by atoms with Crippen molar-refractivity contribution in [2.24, 2.45) is 0 Å². The Hall–Kier alpha value is -1.34. The Kier molecular flexibility index (Phi) is 3.02. The Bertz CT molecular complexity index is 452. The zero-order valence-electron chi connectivity index (χ0n) is 7.41. The van der Waals surface area contributed by atoms with Gasteiger partial charge in [0.2, 0.25) is 5.76 Å². The number of aromatic carboxylic acids is 1. The van der Waals surface area contributed by atoms with Gasteiger partial charge in [-0.05, 0) is 17.6 Å². The molecule has 2 rings (SSSR count). The molecule has 15 heavy (non-hydrogen) atoms. The smallest absolute Gasteiger partial charge is 0.372 e. The number of rotatable bonds is 4. The van der Waals surface area contributed by atoms with Crippen LogP contribution in [0.5, 0.6) is 0 Å². The average molecular weight is 242 g/mol. The number of nitrogens with zero attached hydrogens (tertiary/aromatic N) is 2. The molecular weight excluding hydrogens is 236 g/mol. The molecule has 2 heterocycles. The minimum absolute atomic E-state index is 0.00739. The van der Waals surface area contributed by atoms with Gasteiger partial charge >= 0.3 is 5.97 Å². The molecule has 5 nitrogen and oxygen atoms in total. The summed E-state index contributed by atoms with van der Waals surface area (Å²) in [5.74, 6) is -0.535. The number of aromatic nitrogens is 2. The van der Waals surface area contributed by atoms with Gasteiger partial charge in [0.15, 0.2) is 4.34 Å². The van der Waals surface area contributed by atoms with Crippen LogP contribution < -0.4 is 0 Å². The van der Waals surface area contributed by atoms with E-state index >= 15 is 0 Å². The Morgan fingerprint density at radius 3 is 3.20 bits per heavy atom. The SMILES string of the molecule is O=C(O)c1occc1CSc1ncns1. The Labute approximate surface area is 93.3 Å². The zero-order chi connectivity index (χ0) is 10.7. The number of carboxylic acid groups (broad SMARTS) is 1. The van der Waals surface area contributed by atoms with Gasteiger partial charge < -0.3 is 9.52 Å². The summed E-state index contributed by atoms with van der Waals surface area (Å²) in [4.78, 5) is 14.7. The van der Waals surface area contributed by atoms with Crippen LogP contribution in [0.15, 0.2) is 27.4 Å². The molecule has 0 atom stereocenters. The number of hydrogen-bond donors (Lipinski definition) is 1. The molecule has 0 spiro atoms. The van der Waals surface area contributed by atoms with Crippen LogP contribution in [0.3, 0.4) is 0 Å². The average Bonchev–Trinajstić information content (AvgIpc) is 2.86. The van der Waals surface area contributed by atoms with Gasteiger partial charge in [0.1, 0.15) is 6.33 Å². The Morgan fingerprint density at radius 2 is 2.53 bits per heavy atom. The molecule has 0 aliphatic carbocycles. The van der Waals surface area contributed by atoms with Crippen LogP contribution >= 0.6 is 23.3 Å². The predicted octanol–water partition coefficient (Wildman–Crippen LogP) is 2.12. The van der Waals surface area contributed by atoms with Crippen molar-refractivity contribution < 1.29 is 14.3 Å². The molecule has 0 aromatic carbocycles. The standard InChI is InChI=1S/C8H6N2O3S2/c11-7(12)6-5(1-2-13-6)3-14-8-9-4-10-15-8/h1-2,4H,3H2,(H,11,12).